The number of rotatable bonds is 6. The van der Waals surface area contributed by atoms with Gasteiger partial charge in [-0.3, -0.25) is 4.79 Å². The normalized spacial score (nSPS) is 11.8. The highest BCUT2D eigenvalue weighted by atomic mass is 35.5. The van der Waals surface area contributed by atoms with Gasteiger partial charge < -0.3 is 14.6 Å². The fraction of sp³-hybridized carbons (Fsp3) is 0.235. The molecule has 1 unspecified atom stereocenters. The zero-order chi connectivity index (χ0) is 16.1. The number of methoxy groups -OCH3 is 2. The summed E-state index contributed by atoms with van der Waals surface area (Å²) in [6, 6.07) is 12.3. The first-order chi connectivity index (χ1) is 10.5. The topological polar surface area (TPSA) is 55.8 Å². The van der Waals surface area contributed by atoms with Gasteiger partial charge in [-0.2, -0.15) is 0 Å². The van der Waals surface area contributed by atoms with Gasteiger partial charge in [0.1, 0.15) is 11.5 Å². The van der Waals surface area contributed by atoms with Crippen LogP contribution in [0.3, 0.4) is 0 Å². The van der Waals surface area contributed by atoms with E-state index in [2.05, 4.69) is 0 Å². The lowest BCUT2D eigenvalue weighted by molar-refractivity contribution is -0.138. The zero-order valence-electron chi connectivity index (χ0n) is 12.4. The summed E-state index contributed by atoms with van der Waals surface area (Å²) in [6.45, 7) is 0. The number of ether oxygens (including phenoxy) is 2. The molecule has 2 rings (SSSR count). The number of aliphatic carboxylic acids is 1. The molecule has 0 radical (unpaired) electrons. The van der Waals surface area contributed by atoms with Crippen molar-refractivity contribution < 1.29 is 19.4 Å². The van der Waals surface area contributed by atoms with E-state index in [9.17, 15) is 9.90 Å². The molecule has 0 fully saturated rings. The highest BCUT2D eigenvalue weighted by molar-refractivity contribution is 6.30. The molecule has 0 aliphatic rings. The lowest BCUT2D eigenvalue weighted by Gasteiger charge is -2.17. The van der Waals surface area contributed by atoms with Gasteiger partial charge in [0.05, 0.1) is 20.1 Å². The van der Waals surface area contributed by atoms with Crippen LogP contribution in [0.25, 0.3) is 0 Å². The number of carboxylic acid groups (broad SMARTS) is 1. The van der Waals surface area contributed by atoms with Crippen LogP contribution in [0.2, 0.25) is 5.02 Å². The third kappa shape index (κ3) is 3.71. The lowest BCUT2D eigenvalue weighted by atomic mass is 9.91. The average Bonchev–Trinajstić information content (AvgIpc) is 2.53. The molecular formula is C17H17ClO4. The van der Waals surface area contributed by atoms with Crippen molar-refractivity contribution in [1.29, 1.82) is 0 Å². The number of carbonyl (C=O) groups is 1. The van der Waals surface area contributed by atoms with Crippen LogP contribution in [-0.2, 0) is 11.2 Å². The Balaban J connectivity index is 2.34. The van der Waals surface area contributed by atoms with Crippen LogP contribution >= 0.6 is 11.6 Å². The predicted molar refractivity (Wildman–Crippen MR) is 85.1 cm³/mol. The van der Waals surface area contributed by atoms with Crippen molar-refractivity contribution in [2.75, 3.05) is 14.2 Å². The van der Waals surface area contributed by atoms with E-state index in [0.717, 1.165) is 11.3 Å². The molecule has 0 aromatic heterocycles. The van der Waals surface area contributed by atoms with Gasteiger partial charge in [0.15, 0.2) is 0 Å². The molecule has 0 bridgehead atoms. The predicted octanol–water partition coefficient (Wildman–Crippen LogP) is 3.77. The first kappa shape index (κ1) is 16.2. The molecule has 0 heterocycles. The Morgan fingerprint density at radius 1 is 1.14 bits per heavy atom. The minimum absolute atomic E-state index is 0.343. The molecule has 5 heteroatoms. The summed E-state index contributed by atoms with van der Waals surface area (Å²) < 4.78 is 10.4. The van der Waals surface area contributed by atoms with Crippen LogP contribution in [0.4, 0.5) is 0 Å². The number of carboxylic acids is 1. The summed E-state index contributed by atoms with van der Waals surface area (Å²) in [5.41, 5.74) is 1.47. The molecule has 1 N–H and O–H groups in total. The fourth-order valence-corrected chi connectivity index (χ4v) is 2.49. The average molecular weight is 321 g/mol. The smallest absolute Gasteiger partial charge is 0.311 e. The van der Waals surface area contributed by atoms with Gasteiger partial charge >= 0.3 is 5.97 Å². The maximum Gasteiger partial charge on any atom is 0.311 e. The Morgan fingerprint density at radius 3 is 2.36 bits per heavy atom. The van der Waals surface area contributed by atoms with Crippen molar-refractivity contribution >= 4 is 17.6 Å². The third-order valence-electron chi connectivity index (χ3n) is 3.46. The SMILES string of the molecule is COc1ccc(CC(C(=O)O)c2cc(Cl)ccc2OC)cc1. The Bertz CT molecular complexity index is 652. The van der Waals surface area contributed by atoms with Gasteiger partial charge in [-0.15, -0.1) is 0 Å². The van der Waals surface area contributed by atoms with Crippen molar-refractivity contribution in [3.05, 3.63) is 58.6 Å². The standard InChI is InChI=1S/C17H17ClO4/c1-21-13-6-3-11(4-7-13)9-15(17(19)20)14-10-12(18)5-8-16(14)22-2/h3-8,10,15H,9H2,1-2H3,(H,19,20). The molecular weight excluding hydrogens is 304 g/mol. The summed E-state index contributed by atoms with van der Waals surface area (Å²) in [4.78, 5) is 11.7. The molecule has 1 atom stereocenters. The minimum atomic E-state index is -0.920. The number of halogens is 1. The monoisotopic (exact) mass is 320 g/mol. The summed E-state index contributed by atoms with van der Waals surface area (Å²) in [5, 5.41) is 10.1. The second kappa shape index (κ2) is 7.18. The van der Waals surface area contributed by atoms with Gasteiger partial charge in [0, 0.05) is 10.6 Å². The van der Waals surface area contributed by atoms with E-state index in [0.29, 0.717) is 22.8 Å². The van der Waals surface area contributed by atoms with Gasteiger partial charge in [-0.05, 0) is 42.3 Å². The van der Waals surface area contributed by atoms with Crippen molar-refractivity contribution in [2.45, 2.75) is 12.3 Å². The van der Waals surface area contributed by atoms with Gasteiger partial charge in [0.2, 0.25) is 0 Å². The molecule has 0 spiro atoms. The summed E-state index contributed by atoms with van der Waals surface area (Å²) in [5.74, 6) is -0.403. The van der Waals surface area contributed by atoms with Crippen LogP contribution in [0, 0.1) is 0 Å². The molecule has 0 aliphatic carbocycles. The third-order valence-corrected chi connectivity index (χ3v) is 3.70. The summed E-state index contributed by atoms with van der Waals surface area (Å²) >= 11 is 6.00. The van der Waals surface area contributed by atoms with Crippen molar-refractivity contribution in [2.24, 2.45) is 0 Å². The number of hydrogen-bond donors (Lipinski definition) is 1. The molecule has 4 nitrogen and oxygen atoms in total. The number of hydrogen-bond acceptors (Lipinski definition) is 3. The molecule has 0 saturated carbocycles. The van der Waals surface area contributed by atoms with E-state index >= 15 is 0 Å². The van der Waals surface area contributed by atoms with Crippen molar-refractivity contribution in [1.82, 2.24) is 0 Å². The van der Waals surface area contributed by atoms with Crippen molar-refractivity contribution in [3.8, 4) is 11.5 Å². The van der Waals surface area contributed by atoms with Crippen LogP contribution in [-0.4, -0.2) is 25.3 Å². The molecule has 2 aromatic carbocycles. The Kier molecular flexibility index (Phi) is 5.28. The highest BCUT2D eigenvalue weighted by Crippen LogP contribution is 2.32. The maximum atomic E-state index is 11.7. The minimum Gasteiger partial charge on any atom is -0.497 e. The summed E-state index contributed by atoms with van der Waals surface area (Å²) in [6.07, 6.45) is 0.343. The Morgan fingerprint density at radius 2 is 1.82 bits per heavy atom. The quantitative estimate of drug-likeness (QED) is 0.880. The van der Waals surface area contributed by atoms with E-state index in [-0.39, 0.29) is 0 Å². The van der Waals surface area contributed by atoms with Crippen LogP contribution < -0.4 is 9.47 Å². The molecule has 116 valence electrons. The first-order valence-corrected chi connectivity index (χ1v) is 7.12. The summed E-state index contributed by atoms with van der Waals surface area (Å²) in [7, 11) is 3.10. The Hall–Kier alpha value is -2.20. The fourth-order valence-electron chi connectivity index (χ4n) is 2.31. The van der Waals surface area contributed by atoms with Gasteiger partial charge in [-0.25, -0.2) is 0 Å². The first-order valence-electron chi connectivity index (χ1n) is 6.74. The van der Waals surface area contributed by atoms with E-state index in [1.54, 1.807) is 25.3 Å². The van der Waals surface area contributed by atoms with Crippen LogP contribution in [0.1, 0.15) is 17.0 Å². The van der Waals surface area contributed by atoms with Gasteiger partial charge in [-0.1, -0.05) is 23.7 Å². The second-order valence-corrected chi connectivity index (χ2v) is 5.27. The second-order valence-electron chi connectivity index (χ2n) is 4.83. The molecule has 0 aliphatic heterocycles. The zero-order valence-corrected chi connectivity index (χ0v) is 13.1. The van der Waals surface area contributed by atoms with Crippen molar-refractivity contribution in [3.63, 3.8) is 0 Å². The number of benzene rings is 2. The Labute approximate surface area is 134 Å². The molecule has 2 aromatic rings. The van der Waals surface area contributed by atoms with Crippen LogP contribution in [0.5, 0.6) is 11.5 Å². The van der Waals surface area contributed by atoms with E-state index in [4.69, 9.17) is 21.1 Å². The van der Waals surface area contributed by atoms with E-state index in [1.165, 1.54) is 7.11 Å². The molecule has 0 amide bonds. The molecule has 0 saturated heterocycles. The molecule has 22 heavy (non-hydrogen) atoms. The van der Waals surface area contributed by atoms with E-state index < -0.39 is 11.9 Å². The highest BCUT2D eigenvalue weighted by Gasteiger charge is 2.24. The largest absolute Gasteiger partial charge is 0.497 e. The lowest BCUT2D eigenvalue weighted by Crippen LogP contribution is -2.15. The van der Waals surface area contributed by atoms with Gasteiger partial charge in [0.25, 0.3) is 0 Å². The van der Waals surface area contributed by atoms with Crippen LogP contribution in [0.15, 0.2) is 42.5 Å². The van der Waals surface area contributed by atoms with E-state index in [1.807, 2.05) is 24.3 Å². The maximum absolute atomic E-state index is 11.7.